The lowest BCUT2D eigenvalue weighted by atomic mass is 10.0. The van der Waals surface area contributed by atoms with Gasteiger partial charge in [0, 0.05) is 4.47 Å². The first kappa shape index (κ1) is 18.5. The fourth-order valence-corrected chi connectivity index (χ4v) is 2.41. The molecule has 122 valence electrons. The molecule has 0 unspecified atom stereocenters. The third kappa shape index (κ3) is 5.67. The Bertz CT molecular complexity index is 520. The molecule has 0 bridgehead atoms. The molecule has 2 atom stereocenters. The van der Waals surface area contributed by atoms with Gasteiger partial charge in [-0.05, 0) is 37.5 Å². The number of carbonyl (C=O) groups is 2. The van der Waals surface area contributed by atoms with E-state index in [-0.39, 0.29) is 24.5 Å². The largest absolute Gasteiger partial charge is 0.450 e. The minimum Gasteiger partial charge on any atom is -0.450 e. The summed E-state index contributed by atoms with van der Waals surface area (Å²) < 4.78 is 5.80. The molecule has 1 aromatic carbocycles. The Hall–Kier alpha value is -1.56. The second kappa shape index (κ2) is 8.78. The average Bonchev–Trinajstić information content (AvgIpc) is 2.44. The molecule has 2 amide bonds. The zero-order chi connectivity index (χ0) is 16.7. The summed E-state index contributed by atoms with van der Waals surface area (Å²) in [6.45, 7) is 7.65. The molecular formula is C16H23BrN2O3. The van der Waals surface area contributed by atoms with Crippen molar-refractivity contribution in [2.24, 2.45) is 5.92 Å². The Morgan fingerprint density at radius 2 is 1.91 bits per heavy atom. The lowest BCUT2D eigenvalue weighted by Crippen LogP contribution is -2.50. The molecule has 0 heterocycles. The van der Waals surface area contributed by atoms with E-state index < -0.39 is 12.1 Å². The highest BCUT2D eigenvalue weighted by atomic mass is 79.9. The van der Waals surface area contributed by atoms with E-state index >= 15 is 0 Å². The van der Waals surface area contributed by atoms with Crippen LogP contribution in [0.15, 0.2) is 28.7 Å². The van der Waals surface area contributed by atoms with Gasteiger partial charge in [-0.1, -0.05) is 41.9 Å². The van der Waals surface area contributed by atoms with Crippen LogP contribution in [0.3, 0.4) is 0 Å². The Morgan fingerprint density at radius 3 is 2.45 bits per heavy atom. The number of halogens is 1. The zero-order valence-corrected chi connectivity index (χ0v) is 14.9. The van der Waals surface area contributed by atoms with Crippen LogP contribution in [0.1, 0.15) is 39.3 Å². The number of ether oxygens (including phenoxy) is 1. The molecule has 0 aliphatic heterocycles. The summed E-state index contributed by atoms with van der Waals surface area (Å²) in [5.74, 6) is -0.269. The molecule has 6 heteroatoms. The summed E-state index contributed by atoms with van der Waals surface area (Å²) in [7, 11) is 0. The predicted molar refractivity (Wildman–Crippen MR) is 89.5 cm³/mol. The lowest BCUT2D eigenvalue weighted by Gasteiger charge is -2.24. The monoisotopic (exact) mass is 370 g/mol. The first-order chi connectivity index (χ1) is 10.3. The van der Waals surface area contributed by atoms with Crippen molar-refractivity contribution in [3.8, 4) is 0 Å². The molecule has 0 aliphatic carbocycles. The second-order valence-electron chi connectivity index (χ2n) is 5.37. The van der Waals surface area contributed by atoms with E-state index in [1.807, 2.05) is 45.0 Å². The van der Waals surface area contributed by atoms with Crippen molar-refractivity contribution in [2.45, 2.75) is 39.8 Å². The van der Waals surface area contributed by atoms with Crippen molar-refractivity contribution in [1.82, 2.24) is 10.6 Å². The fourth-order valence-electron chi connectivity index (χ4n) is 2.00. The molecule has 0 spiro atoms. The number of hydrogen-bond acceptors (Lipinski definition) is 3. The Labute approximate surface area is 139 Å². The van der Waals surface area contributed by atoms with E-state index in [1.54, 1.807) is 6.92 Å². The molecular weight excluding hydrogens is 348 g/mol. The van der Waals surface area contributed by atoms with E-state index in [9.17, 15) is 9.59 Å². The number of benzene rings is 1. The molecule has 0 saturated heterocycles. The quantitative estimate of drug-likeness (QED) is 0.806. The molecule has 0 radical (unpaired) electrons. The van der Waals surface area contributed by atoms with Crippen molar-refractivity contribution in [1.29, 1.82) is 0 Å². The van der Waals surface area contributed by atoms with Crippen molar-refractivity contribution >= 4 is 27.9 Å². The Morgan fingerprint density at radius 1 is 1.23 bits per heavy atom. The maximum Gasteiger partial charge on any atom is 0.407 e. The van der Waals surface area contributed by atoms with E-state index in [4.69, 9.17) is 4.74 Å². The van der Waals surface area contributed by atoms with Crippen LogP contribution in [0.5, 0.6) is 0 Å². The zero-order valence-electron chi connectivity index (χ0n) is 13.4. The van der Waals surface area contributed by atoms with E-state index in [1.165, 1.54) is 0 Å². The summed E-state index contributed by atoms with van der Waals surface area (Å²) in [6, 6.07) is 6.95. The number of nitrogens with one attached hydrogen (secondary N) is 2. The van der Waals surface area contributed by atoms with Crippen LogP contribution >= 0.6 is 15.9 Å². The van der Waals surface area contributed by atoms with Gasteiger partial charge in [-0.15, -0.1) is 0 Å². The van der Waals surface area contributed by atoms with Gasteiger partial charge in [0.15, 0.2) is 0 Å². The van der Waals surface area contributed by atoms with Crippen LogP contribution in [0, 0.1) is 5.92 Å². The third-order valence-electron chi connectivity index (χ3n) is 3.21. The van der Waals surface area contributed by atoms with E-state index in [2.05, 4.69) is 26.6 Å². The van der Waals surface area contributed by atoms with Gasteiger partial charge in [0.25, 0.3) is 0 Å². The summed E-state index contributed by atoms with van der Waals surface area (Å²) in [5, 5.41) is 5.53. The van der Waals surface area contributed by atoms with Gasteiger partial charge in [0.2, 0.25) is 5.91 Å². The van der Waals surface area contributed by atoms with Crippen LogP contribution < -0.4 is 10.6 Å². The van der Waals surface area contributed by atoms with E-state index in [0.29, 0.717) is 0 Å². The van der Waals surface area contributed by atoms with E-state index in [0.717, 1.165) is 10.0 Å². The molecule has 1 rings (SSSR count). The minimum atomic E-state index is -0.631. The van der Waals surface area contributed by atoms with Gasteiger partial charge in [-0.3, -0.25) is 4.79 Å². The van der Waals surface area contributed by atoms with Gasteiger partial charge < -0.3 is 15.4 Å². The van der Waals surface area contributed by atoms with Gasteiger partial charge >= 0.3 is 6.09 Å². The second-order valence-corrected chi connectivity index (χ2v) is 6.29. The van der Waals surface area contributed by atoms with Gasteiger partial charge in [-0.25, -0.2) is 4.79 Å². The SMILES string of the molecule is CCOC(=O)N[C@@H](C(=O)N[C@H](C)c1cccc(Br)c1)C(C)C. The smallest absolute Gasteiger partial charge is 0.407 e. The van der Waals surface area contributed by atoms with Crippen LogP contribution in [-0.2, 0) is 9.53 Å². The Balaban J connectivity index is 2.72. The minimum absolute atomic E-state index is 0.0425. The Kier molecular flexibility index (Phi) is 7.38. The van der Waals surface area contributed by atoms with Gasteiger partial charge in [0.05, 0.1) is 12.6 Å². The highest BCUT2D eigenvalue weighted by Gasteiger charge is 2.26. The number of alkyl carbamates (subject to hydrolysis) is 1. The average molecular weight is 371 g/mol. The number of hydrogen-bond donors (Lipinski definition) is 2. The standard InChI is InChI=1S/C16H23BrN2O3/c1-5-22-16(21)19-14(10(2)3)15(20)18-11(4)12-7-6-8-13(17)9-12/h6-11,14H,5H2,1-4H3,(H,18,20)(H,19,21)/t11-,14-/m1/s1. The highest BCUT2D eigenvalue weighted by Crippen LogP contribution is 2.18. The van der Waals surface area contributed by atoms with Crippen molar-refractivity contribution < 1.29 is 14.3 Å². The topological polar surface area (TPSA) is 67.4 Å². The molecule has 0 aromatic heterocycles. The van der Waals surface area contributed by atoms with Gasteiger partial charge in [-0.2, -0.15) is 0 Å². The lowest BCUT2D eigenvalue weighted by molar-refractivity contribution is -0.124. The number of rotatable bonds is 6. The molecule has 2 N–H and O–H groups in total. The van der Waals surface area contributed by atoms with Crippen LogP contribution in [0.25, 0.3) is 0 Å². The van der Waals surface area contributed by atoms with Crippen molar-refractivity contribution in [3.05, 3.63) is 34.3 Å². The summed E-state index contributed by atoms with van der Waals surface area (Å²) in [6.07, 6.45) is -0.577. The summed E-state index contributed by atoms with van der Waals surface area (Å²) in [5.41, 5.74) is 0.987. The fraction of sp³-hybridized carbons (Fsp3) is 0.500. The molecule has 0 fully saturated rings. The van der Waals surface area contributed by atoms with Crippen molar-refractivity contribution in [3.63, 3.8) is 0 Å². The first-order valence-corrected chi connectivity index (χ1v) is 8.13. The number of carbonyl (C=O) groups excluding carboxylic acids is 2. The normalized spacial score (nSPS) is 13.4. The molecule has 22 heavy (non-hydrogen) atoms. The molecule has 0 aliphatic rings. The van der Waals surface area contributed by atoms with Gasteiger partial charge in [0.1, 0.15) is 6.04 Å². The van der Waals surface area contributed by atoms with Crippen LogP contribution in [0.4, 0.5) is 4.79 Å². The third-order valence-corrected chi connectivity index (χ3v) is 3.70. The summed E-state index contributed by atoms with van der Waals surface area (Å²) >= 11 is 3.41. The molecule has 1 aromatic rings. The van der Waals surface area contributed by atoms with Crippen LogP contribution in [0.2, 0.25) is 0 Å². The maximum absolute atomic E-state index is 12.4. The number of amides is 2. The van der Waals surface area contributed by atoms with Crippen LogP contribution in [-0.4, -0.2) is 24.6 Å². The summed E-state index contributed by atoms with van der Waals surface area (Å²) in [4.78, 5) is 23.9. The predicted octanol–water partition coefficient (Wildman–Crippen LogP) is 3.40. The first-order valence-electron chi connectivity index (χ1n) is 7.34. The maximum atomic E-state index is 12.4. The molecule has 5 nitrogen and oxygen atoms in total. The van der Waals surface area contributed by atoms with Crippen molar-refractivity contribution in [2.75, 3.05) is 6.61 Å². The molecule has 0 saturated carbocycles. The highest BCUT2D eigenvalue weighted by molar-refractivity contribution is 9.10.